The van der Waals surface area contributed by atoms with E-state index < -0.39 is 5.82 Å². The highest BCUT2D eigenvalue weighted by molar-refractivity contribution is 6.31. The van der Waals surface area contributed by atoms with E-state index in [2.05, 4.69) is 15.0 Å². The molecule has 0 bridgehead atoms. The summed E-state index contributed by atoms with van der Waals surface area (Å²) in [6.07, 6.45) is 1.69. The number of imidazole rings is 1. The normalized spacial score (nSPS) is 11.0. The van der Waals surface area contributed by atoms with Gasteiger partial charge in [-0.3, -0.25) is 0 Å². The van der Waals surface area contributed by atoms with Gasteiger partial charge >= 0.3 is 0 Å². The molecule has 0 amide bonds. The Morgan fingerprint density at radius 1 is 1.15 bits per heavy atom. The minimum Gasteiger partial charge on any atom is -0.497 e. The van der Waals surface area contributed by atoms with Crippen LogP contribution in [0.25, 0.3) is 33.5 Å². The summed E-state index contributed by atoms with van der Waals surface area (Å²) in [5.41, 5.74) is 9.55. The highest BCUT2D eigenvalue weighted by Crippen LogP contribution is 2.31. The minimum absolute atomic E-state index is 0.0202. The van der Waals surface area contributed by atoms with E-state index in [4.69, 9.17) is 22.1 Å². The molecule has 5 nitrogen and oxygen atoms in total. The Bertz CT molecular complexity index is 1090. The maximum atomic E-state index is 13.7. The fourth-order valence-electron chi connectivity index (χ4n) is 2.76. The number of halogens is 2. The molecular formula is C19H14ClFN4O. The Labute approximate surface area is 153 Å². The first-order valence-electron chi connectivity index (χ1n) is 7.80. The summed E-state index contributed by atoms with van der Waals surface area (Å²) in [5.74, 6) is 1.05. The molecule has 0 aliphatic carbocycles. The summed E-state index contributed by atoms with van der Waals surface area (Å²) in [6, 6.07) is 12.3. The van der Waals surface area contributed by atoms with Gasteiger partial charge in [0.25, 0.3) is 0 Å². The van der Waals surface area contributed by atoms with Crippen molar-refractivity contribution >= 4 is 28.5 Å². The van der Waals surface area contributed by atoms with E-state index in [0.29, 0.717) is 28.2 Å². The number of hydrogen-bond acceptors (Lipinski definition) is 4. The molecule has 0 saturated heterocycles. The Morgan fingerprint density at radius 3 is 2.81 bits per heavy atom. The summed E-state index contributed by atoms with van der Waals surface area (Å²) in [5, 5.41) is 0.0202. The van der Waals surface area contributed by atoms with E-state index in [1.807, 2.05) is 30.3 Å². The van der Waals surface area contributed by atoms with Crippen molar-refractivity contribution in [3.8, 4) is 28.3 Å². The Kier molecular flexibility index (Phi) is 3.97. The van der Waals surface area contributed by atoms with Crippen molar-refractivity contribution < 1.29 is 9.13 Å². The first-order valence-corrected chi connectivity index (χ1v) is 8.18. The average molecular weight is 369 g/mol. The molecule has 4 rings (SSSR count). The lowest BCUT2D eigenvalue weighted by Gasteiger charge is -2.07. The van der Waals surface area contributed by atoms with Crippen LogP contribution in [0.15, 0.2) is 48.7 Å². The molecule has 130 valence electrons. The van der Waals surface area contributed by atoms with E-state index in [9.17, 15) is 4.39 Å². The number of aromatic nitrogens is 3. The fourth-order valence-corrected chi connectivity index (χ4v) is 2.92. The van der Waals surface area contributed by atoms with Crippen LogP contribution in [0.1, 0.15) is 0 Å². The third-order valence-electron chi connectivity index (χ3n) is 4.10. The van der Waals surface area contributed by atoms with E-state index in [1.54, 1.807) is 13.3 Å². The lowest BCUT2D eigenvalue weighted by Crippen LogP contribution is -1.96. The molecule has 0 unspecified atom stereocenters. The number of hydrogen-bond donors (Lipinski definition) is 2. The molecule has 0 fully saturated rings. The minimum atomic E-state index is -0.509. The number of aromatic amines is 1. The summed E-state index contributed by atoms with van der Waals surface area (Å²) in [6.45, 7) is 0. The van der Waals surface area contributed by atoms with Crippen molar-refractivity contribution in [1.82, 2.24) is 15.0 Å². The maximum Gasteiger partial charge on any atom is 0.144 e. The van der Waals surface area contributed by atoms with Gasteiger partial charge in [0.1, 0.15) is 23.2 Å². The van der Waals surface area contributed by atoms with E-state index in [0.717, 1.165) is 16.9 Å². The molecule has 0 aliphatic rings. The predicted molar refractivity (Wildman–Crippen MR) is 101 cm³/mol. The number of benzene rings is 2. The molecule has 2 heterocycles. The second-order valence-corrected chi connectivity index (χ2v) is 6.16. The van der Waals surface area contributed by atoms with Crippen LogP contribution in [0.2, 0.25) is 5.02 Å². The van der Waals surface area contributed by atoms with Crippen LogP contribution >= 0.6 is 11.6 Å². The van der Waals surface area contributed by atoms with Gasteiger partial charge in [0.15, 0.2) is 0 Å². The number of pyridine rings is 1. The molecule has 0 saturated carbocycles. The van der Waals surface area contributed by atoms with Crippen molar-refractivity contribution in [2.24, 2.45) is 0 Å². The Balaban J connectivity index is 1.84. The fraction of sp³-hybridized carbons (Fsp3) is 0.0526. The van der Waals surface area contributed by atoms with Crippen molar-refractivity contribution in [3.05, 3.63) is 59.5 Å². The molecule has 3 N–H and O–H groups in total. The number of fused-ring (bicyclic) bond motifs is 1. The van der Waals surface area contributed by atoms with Crippen molar-refractivity contribution in [1.29, 1.82) is 0 Å². The topological polar surface area (TPSA) is 76.8 Å². The van der Waals surface area contributed by atoms with E-state index in [-0.39, 0.29) is 5.02 Å². The number of nitrogens with zero attached hydrogens (tertiary/aromatic N) is 2. The Morgan fingerprint density at radius 2 is 2.00 bits per heavy atom. The van der Waals surface area contributed by atoms with Crippen LogP contribution in [-0.2, 0) is 0 Å². The van der Waals surface area contributed by atoms with Gasteiger partial charge < -0.3 is 15.5 Å². The molecule has 2 aromatic heterocycles. The number of ether oxygens (including phenoxy) is 1. The van der Waals surface area contributed by atoms with E-state index in [1.165, 1.54) is 12.1 Å². The summed E-state index contributed by atoms with van der Waals surface area (Å²) in [7, 11) is 1.62. The summed E-state index contributed by atoms with van der Waals surface area (Å²) >= 11 is 5.83. The van der Waals surface area contributed by atoms with Crippen molar-refractivity contribution in [3.63, 3.8) is 0 Å². The van der Waals surface area contributed by atoms with Gasteiger partial charge in [-0.2, -0.15) is 0 Å². The second-order valence-electron chi connectivity index (χ2n) is 5.76. The number of H-pyrrole nitrogens is 1. The quantitative estimate of drug-likeness (QED) is 0.550. The predicted octanol–water partition coefficient (Wildman–Crippen LogP) is 4.68. The SMILES string of the molecule is COc1cccc(-c2cnc(N)c(-c3nc4cc(Cl)c(F)cc4[nH]3)c2)c1. The van der Waals surface area contributed by atoms with Crippen LogP contribution in [-0.4, -0.2) is 22.1 Å². The van der Waals surface area contributed by atoms with Gasteiger partial charge in [0.2, 0.25) is 0 Å². The lowest BCUT2D eigenvalue weighted by atomic mass is 10.0. The van der Waals surface area contributed by atoms with Gasteiger partial charge in [-0.1, -0.05) is 23.7 Å². The average Bonchev–Trinajstić information content (AvgIpc) is 3.05. The summed E-state index contributed by atoms with van der Waals surface area (Å²) < 4.78 is 18.9. The molecule has 26 heavy (non-hydrogen) atoms. The lowest BCUT2D eigenvalue weighted by molar-refractivity contribution is 0.415. The van der Waals surface area contributed by atoms with Gasteiger partial charge in [-0.25, -0.2) is 14.4 Å². The van der Waals surface area contributed by atoms with Crippen LogP contribution in [0.4, 0.5) is 10.2 Å². The zero-order chi connectivity index (χ0) is 18.3. The molecular weight excluding hydrogens is 355 g/mol. The van der Waals surface area contributed by atoms with Crippen molar-refractivity contribution in [2.45, 2.75) is 0 Å². The van der Waals surface area contributed by atoms with Crippen LogP contribution in [0.3, 0.4) is 0 Å². The number of anilines is 1. The molecule has 0 atom stereocenters. The zero-order valence-electron chi connectivity index (χ0n) is 13.8. The third-order valence-corrected chi connectivity index (χ3v) is 4.39. The smallest absolute Gasteiger partial charge is 0.144 e. The van der Waals surface area contributed by atoms with Crippen LogP contribution < -0.4 is 10.5 Å². The molecule has 4 aromatic rings. The standard InChI is InChI=1S/C19H14ClFN4O/c1-26-12-4-2-3-10(5-12)11-6-13(18(22)23-9-11)19-24-16-7-14(20)15(21)8-17(16)25-19/h2-9H,1H3,(H2,22,23)(H,24,25). The van der Waals surface area contributed by atoms with Gasteiger partial charge in [-0.15, -0.1) is 0 Å². The van der Waals surface area contributed by atoms with Gasteiger partial charge in [0, 0.05) is 17.8 Å². The molecule has 0 aliphatic heterocycles. The summed E-state index contributed by atoms with van der Waals surface area (Å²) in [4.78, 5) is 11.8. The van der Waals surface area contributed by atoms with Crippen molar-refractivity contribution in [2.75, 3.05) is 12.8 Å². The molecule has 7 heteroatoms. The van der Waals surface area contributed by atoms with Gasteiger partial charge in [0.05, 0.1) is 28.7 Å². The molecule has 0 spiro atoms. The highest BCUT2D eigenvalue weighted by atomic mass is 35.5. The number of rotatable bonds is 3. The second kappa shape index (κ2) is 6.31. The first-order chi connectivity index (χ1) is 12.5. The zero-order valence-corrected chi connectivity index (χ0v) is 14.5. The number of nitrogens with two attached hydrogens (primary N) is 1. The third kappa shape index (κ3) is 2.84. The number of nitrogens with one attached hydrogen (secondary N) is 1. The number of methoxy groups -OCH3 is 1. The maximum absolute atomic E-state index is 13.7. The largest absolute Gasteiger partial charge is 0.497 e. The monoisotopic (exact) mass is 368 g/mol. The van der Waals surface area contributed by atoms with E-state index >= 15 is 0 Å². The highest BCUT2D eigenvalue weighted by Gasteiger charge is 2.13. The van der Waals surface area contributed by atoms with Gasteiger partial charge in [-0.05, 0) is 29.8 Å². The molecule has 2 aromatic carbocycles. The first kappa shape index (κ1) is 16.4. The Hall–Kier alpha value is -3.12. The molecule has 0 radical (unpaired) electrons. The number of nitrogen functional groups attached to an aromatic ring is 1. The van der Waals surface area contributed by atoms with Crippen LogP contribution in [0.5, 0.6) is 5.75 Å². The van der Waals surface area contributed by atoms with Crippen LogP contribution in [0, 0.1) is 5.82 Å².